The SMILES string of the molecule is CC(C)(N)COC1CCS(=O)(=O)C1. The Hall–Kier alpha value is -0.130. The summed E-state index contributed by atoms with van der Waals surface area (Å²) in [7, 11) is -2.83. The van der Waals surface area contributed by atoms with Crippen molar-refractivity contribution in [3.8, 4) is 0 Å². The molecule has 0 saturated carbocycles. The summed E-state index contributed by atoms with van der Waals surface area (Å²) >= 11 is 0. The first-order chi connectivity index (χ1) is 5.79. The van der Waals surface area contributed by atoms with Crippen molar-refractivity contribution in [2.75, 3.05) is 18.1 Å². The van der Waals surface area contributed by atoms with Gasteiger partial charge in [-0.15, -0.1) is 0 Å². The maximum atomic E-state index is 11.1. The number of sulfone groups is 1. The first-order valence-corrected chi connectivity index (χ1v) is 6.22. The van der Waals surface area contributed by atoms with E-state index in [-0.39, 0.29) is 23.1 Å². The van der Waals surface area contributed by atoms with Crippen LogP contribution in [0.3, 0.4) is 0 Å². The Bertz CT molecular complexity index is 266. The van der Waals surface area contributed by atoms with Gasteiger partial charge in [-0.2, -0.15) is 0 Å². The standard InChI is InChI=1S/C8H17NO3S/c1-8(2,9)6-12-7-3-4-13(10,11)5-7/h7H,3-6,9H2,1-2H3. The number of ether oxygens (including phenoxy) is 1. The fourth-order valence-corrected chi connectivity index (χ4v) is 2.84. The summed E-state index contributed by atoms with van der Waals surface area (Å²) in [5, 5.41) is 0. The number of rotatable bonds is 3. The zero-order chi connectivity index (χ0) is 10.1. The second-order valence-electron chi connectivity index (χ2n) is 4.32. The first kappa shape index (κ1) is 10.9. The molecule has 1 unspecified atom stereocenters. The van der Waals surface area contributed by atoms with Gasteiger partial charge in [-0.1, -0.05) is 0 Å². The predicted molar refractivity (Wildman–Crippen MR) is 51.3 cm³/mol. The lowest BCUT2D eigenvalue weighted by atomic mass is 10.1. The van der Waals surface area contributed by atoms with Gasteiger partial charge in [0.2, 0.25) is 0 Å². The van der Waals surface area contributed by atoms with Crippen molar-refractivity contribution in [2.45, 2.75) is 31.9 Å². The largest absolute Gasteiger partial charge is 0.375 e. The highest BCUT2D eigenvalue weighted by molar-refractivity contribution is 7.91. The van der Waals surface area contributed by atoms with Crippen LogP contribution < -0.4 is 5.73 Å². The maximum Gasteiger partial charge on any atom is 0.152 e. The van der Waals surface area contributed by atoms with E-state index in [9.17, 15) is 8.42 Å². The Morgan fingerprint density at radius 2 is 2.15 bits per heavy atom. The van der Waals surface area contributed by atoms with E-state index in [2.05, 4.69) is 0 Å². The quantitative estimate of drug-likeness (QED) is 0.703. The normalized spacial score (nSPS) is 27.8. The minimum Gasteiger partial charge on any atom is -0.375 e. The van der Waals surface area contributed by atoms with Crippen LogP contribution >= 0.6 is 0 Å². The van der Waals surface area contributed by atoms with Gasteiger partial charge in [0.15, 0.2) is 9.84 Å². The highest BCUT2D eigenvalue weighted by atomic mass is 32.2. The van der Waals surface area contributed by atoms with Crippen molar-refractivity contribution < 1.29 is 13.2 Å². The molecule has 1 aliphatic heterocycles. The van der Waals surface area contributed by atoms with Crippen LogP contribution in [0.4, 0.5) is 0 Å². The minimum atomic E-state index is -2.83. The zero-order valence-electron chi connectivity index (χ0n) is 8.12. The summed E-state index contributed by atoms with van der Waals surface area (Å²) in [6, 6.07) is 0. The van der Waals surface area contributed by atoms with Crippen molar-refractivity contribution >= 4 is 9.84 Å². The molecule has 0 aromatic heterocycles. The molecule has 0 spiro atoms. The van der Waals surface area contributed by atoms with Crippen LogP contribution in [-0.2, 0) is 14.6 Å². The average Bonchev–Trinajstić information content (AvgIpc) is 2.24. The van der Waals surface area contributed by atoms with Gasteiger partial charge in [0.25, 0.3) is 0 Å². The molecule has 4 nitrogen and oxygen atoms in total. The van der Waals surface area contributed by atoms with Crippen LogP contribution in [0, 0.1) is 0 Å². The lowest BCUT2D eigenvalue weighted by Crippen LogP contribution is -2.39. The molecule has 0 bridgehead atoms. The molecule has 0 amide bonds. The fourth-order valence-electron chi connectivity index (χ4n) is 1.22. The summed E-state index contributed by atoms with van der Waals surface area (Å²) in [5.74, 6) is 0.408. The first-order valence-electron chi connectivity index (χ1n) is 4.39. The van der Waals surface area contributed by atoms with E-state index in [1.165, 1.54) is 0 Å². The molecule has 78 valence electrons. The van der Waals surface area contributed by atoms with Crippen molar-refractivity contribution in [2.24, 2.45) is 5.73 Å². The molecule has 2 N–H and O–H groups in total. The molecule has 1 fully saturated rings. The lowest BCUT2D eigenvalue weighted by Gasteiger charge is -2.20. The second-order valence-corrected chi connectivity index (χ2v) is 6.55. The second kappa shape index (κ2) is 3.55. The molecule has 1 atom stereocenters. The Morgan fingerprint density at radius 1 is 1.54 bits per heavy atom. The van der Waals surface area contributed by atoms with Gasteiger partial charge < -0.3 is 10.5 Å². The third-order valence-corrected chi connectivity index (χ3v) is 3.62. The molecule has 1 aliphatic rings. The Labute approximate surface area is 79.4 Å². The van der Waals surface area contributed by atoms with Gasteiger partial charge in [0.05, 0.1) is 24.2 Å². The van der Waals surface area contributed by atoms with Crippen LogP contribution in [0.2, 0.25) is 0 Å². The summed E-state index contributed by atoms with van der Waals surface area (Å²) in [6.07, 6.45) is 0.464. The third kappa shape index (κ3) is 4.06. The number of hydrogen-bond donors (Lipinski definition) is 1. The zero-order valence-corrected chi connectivity index (χ0v) is 8.93. The topological polar surface area (TPSA) is 69.4 Å². The molecule has 1 saturated heterocycles. The number of hydrogen-bond acceptors (Lipinski definition) is 4. The fraction of sp³-hybridized carbons (Fsp3) is 1.00. The summed E-state index contributed by atoms with van der Waals surface area (Å²) in [4.78, 5) is 0. The monoisotopic (exact) mass is 207 g/mol. The van der Waals surface area contributed by atoms with E-state index in [0.29, 0.717) is 13.0 Å². The molecule has 0 radical (unpaired) electrons. The highest BCUT2D eigenvalue weighted by Crippen LogP contribution is 2.15. The summed E-state index contributed by atoms with van der Waals surface area (Å²) in [5.41, 5.74) is 5.32. The summed E-state index contributed by atoms with van der Waals surface area (Å²) in [6.45, 7) is 4.13. The van der Waals surface area contributed by atoms with E-state index >= 15 is 0 Å². The highest BCUT2D eigenvalue weighted by Gasteiger charge is 2.29. The van der Waals surface area contributed by atoms with Crippen LogP contribution in [0.1, 0.15) is 20.3 Å². The van der Waals surface area contributed by atoms with E-state index < -0.39 is 9.84 Å². The van der Waals surface area contributed by atoms with Gasteiger partial charge in [0, 0.05) is 5.54 Å². The third-order valence-electron chi connectivity index (χ3n) is 1.88. The van der Waals surface area contributed by atoms with Crippen molar-refractivity contribution in [1.82, 2.24) is 0 Å². The average molecular weight is 207 g/mol. The molecule has 1 rings (SSSR count). The van der Waals surface area contributed by atoms with Crippen LogP contribution in [0.5, 0.6) is 0 Å². The molecular formula is C8H17NO3S. The number of nitrogens with two attached hydrogens (primary N) is 1. The minimum absolute atomic E-state index is 0.146. The van der Waals surface area contributed by atoms with E-state index in [4.69, 9.17) is 10.5 Å². The maximum absolute atomic E-state index is 11.1. The predicted octanol–water partition coefficient (Wildman–Crippen LogP) is -0.0726. The lowest BCUT2D eigenvalue weighted by molar-refractivity contribution is 0.0431. The van der Waals surface area contributed by atoms with Gasteiger partial charge in [-0.3, -0.25) is 0 Å². The Morgan fingerprint density at radius 3 is 2.54 bits per heavy atom. The molecule has 5 heteroatoms. The summed E-state index contributed by atoms with van der Waals surface area (Å²) < 4.78 is 27.5. The van der Waals surface area contributed by atoms with Crippen LogP contribution in [0.15, 0.2) is 0 Å². The van der Waals surface area contributed by atoms with Crippen molar-refractivity contribution in [3.63, 3.8) is 0 Å². The van der Waals surface area contributed by atoms with E-state index in [1.54, 1.807) is 0 Å². The van der Waals surface area contributed by atoms with Gasteiger partial charge >= 0.3 is 0 Å². The van der Waals surface area contributed by atoms with Crippen LogP contribution in [0.25, 0.3) is 0 Å². The molecular weight excluding hydrogens is 190 g/mol. The Kier molecular flexibility index (Phi) is 2.99. The van der Waals surface area contributed by atoms with Crippen LogP contribution in [-0.4, -0.2) is 38.2 Å². The molecule has 0 aromatic carbocycles. The van der Waals surface area contributed by atoms with E-state index in [1.807, 2.05) is 13.8 Å². The van der Waals surface area contributed by atoms with Gasteiger partial charge in [-0.05, 0) is 20.3 Å². The van der Waals surface area contributed by atoms with Gasteiger partial charge in [-0.25, -0.2) is 8.42 Å². The van der Waals surface area contributed by atoms with Crippen molar-refractivity contribution in [1.29, 1.82) is 0 Å². The smallest absolute Gasteiger partial charge is 0.152 e. The van der Waals surface area contributed by atoms with Gasteiger partial charge in [0.1, 0.15) is 0 Å². The van der Waals surface area contributed by atoms with E-state index in [0.717, 1.165) is 0 Å². The van der Waals surface area contributed by atoms with Crippen molar-refractivity contribution in [3.05, 3.63) is 0 Å². The molecule has 1 heterocycles. The molecule has 0 aromatic rings. The molecule has 0 aliphatic carbocycles. The molecule has 13 heavy (non-hydrogen) atoms. The Balaban J connectivity index is 2.34.